The molecule has 0 amide bonds. The summed E-state index contributed by atoms with van der Waals surface area (Å²) in [6.07, 6.45) is 1.48. The van der Waals surface area contributed by atoms with Gasteiger partial charge < -0.3 is 20.7 Å². The zero-order valence-corrected chi connectivity index (χ0v) is 23.4. The van der Waals surface area contributed by atoms with Crippen LogP contribution in [0.25, 0.3) is 10.9 Å². The topological polar surface area (TPSA) is 102 Å². The third-order valence-electron chi connectivity index (χ3n) is 7.25. The van der Waals surface area contributed by atoms with Crippen molar-refractivity contribution < 1.29 is 23.1 Å². The molecule has 0 unspecified atom stereocenters. The lowest BCUT2D eigenvalue weighted by molar-refractivity contribution is -0.192. The van der Waals surface area contributed by atoms with Crippen molar-refractivity contribution in [2.45, 2.75) is 44.8 Å². The predicted octanol–water partition coefficient (Wildman–Crippen LogP) is 4.88. The van der Waals surface area contributed by atoms with Crippen molar-refractivity contribution in [1.82, 2.24) is 19.8 Å². The van der Waals surface area contributed by atoms with E-state index in [2.05, 4.69) is 43.7 Å². The van der Waals surface area contributed by atoms with Crippen molar-refractivity contribution >= 4 is 50.6 Å². The minimum atomic E-state index is -5.08. The molecule has 1 aliphatic carbocycles. The summed E-state index contributed by atoms with van der Waals surface area (Å²) in [4.78, 5) is 25.9. The average Bonchev–Trinajstić information content (AvgIpc) is 3.52. The van der Waals surface area contributed by atoms with Gasteiger partial charge in [0.1, 0.15) is 0 Å². The maximum Gasteiger partial charge on any atom is 0.490 e. The summed E-state index contributed by atoms with van der Waals surface area (Å²) >= 11 is 8.29. The second kappa shape index (κ2) is 12.8. The second-order valence-corrected chi connectivity index (χ2v) is 11.3. The Morgan fingerprint density at radius 3 is 2.64 bits per heavy atom. The van der Waals surface area contributed by atoms with Gasteiger partial charge in [-0.05, 0) is 50.4 Å². The van der Waals surface area contributed by atoms with Gasteiger partial charge >= 0.3 is 12.1 Å². The Balaban J connectivity index is 0.000000448. The van der Waals surface area contributed by atoms with Gasteiger partial charge in [0.15, 0.2) is 5.13 Å². The highest BCUT2D eigenvalue weighted by Gasteiger charge is 2.38. The summed E-state index contributed by atoms with van der Waals surface area (Å²) in [6.45, 7) is 9.92. The number of nitrogens with one attached hydrogen (secondary N) is 1. The number of nitrogens with two attached hydrogens (primary N) is 1. The molecule has 1 aliphatic heterocycles. The van der Waals surface area contributed by atoms with Crippen LogP contribution in [0, 0.1) is 0 Å². The summed E-state index contributed by atoms with van der Waals surface area (Å²) in [6, 6.07) is 6.83. The molecule has 1 fully saturated rings. The number of nitrogen functional groups attached to an aromatic ring is 1. The Labute approximate surface area is 234 Å². The average molecular weight is 587 g/mol. The largest absolute Gasteiger partial charge is 0.490 e. The van der Waals surface area contributed by atoms with Crippen LogP contribution in [0.4, 0.5) is 24.0 Å². The maximum atomic E-state index is 10.6. The van der Waals surface area contributed by atoms with Gasteiger partial charge in [-0.3, -0.25) is 9.80 Å². The summed E-state index contributed by atoms with van der Waals surface area (Å²) in [5.74, 6) is -2.76. The lowest BCUT2D eigenvalue weighted by Crippen LogP contribution is -2.50. The molecule has 214 valence electrons. The molecule has 39 heavy (non-hydrogen) atoms. The minimum Gasteiger partial charge on any atom is -0.475 e. The number of hydrogen-bond acceptors (Lipinski definition) is 7. The van der Waals surface area contributed by atoms with Crippen molar-refractivity contribution in [2.75, 3.05) is 56.4 Å². The quantitative estimate of drug-likeness (QED) is 0.362. The van der Waals surface area contributed by atoms with E-state index in [1.807, 2.05) is 12.3 Å². The van der Waals surface area contributed by atoms with Gasteiger partial charge in [-0.2, -0.15) is 13.2 Å². The van der Waals surface area contributed by atoms with E-state index < -0.39 is 12.1 Å². The zero-order chi connectivity index (χ0) is 28.2. The number of nitrogens with zero attached hydrogens (tertiary/aromatic N) is 4. The number of alkyl halides is 3. The van der Waals surface area contributed by atoms with E-state index in [9.17, 15) is 13.2 Å². The van der Waals surface area contributed by atoms with E-state index in [0.29, 0.717) is 6.04 Å². The van der Waals surface area contributed by atoms with Crippen molar-refractivity contribution in [3.8, 4) is 0 Å². The molecule has 5 rings (SSSR count). The van der Waals surface area contributed by atoms with E-state index >= 15 is 0 Å². The monoisotopic (exact) mass is 586 g/mol. The molecule has 0 radical (unpaired) electrons. The first-order valence-corrected chi connectivity index (χ1v) is 14.3. The van der Waals surface area contributed by atoms with Crippen LogP contribution in [0.3, 0.4) is 0 Å². The molecule has 8 nitrogen and oxygen atoms in total. The van der Waals surface area contributed by atoms with E-state index in [1.165, 1.54) is 41.0 Å². The van der Waals surface area contributed by atoms with Crippen molar-refractivity contribution in [3.63, 3.8) is 0 Å². The normalized spacial score (nSPS) is 18.2. The molecule has 1 atom stereocenters. The number of aliphatic carboxylic acids is 1. The number of hydrogen-bond donors (Lipinski definition) is 3. The number of aryl methyl sites for hydroxylation is 1. The van der Waals surface area contributed by atoms with Crippen LogP contribution >= 0.6 is 22.9 Å². The standard InChI is InChI=1S/C24H33ClN6S.C2HF3O2/c1-2-9-30(17-3-5-21-22(16-17)32-24(26)28-21)13-10-29-11-14-31(15-12-29)23-18-7-8-27-20(18)6-4-19(23)25;3-2(4,5)1(6)7/h4,6-8,17,27H,2-3,5,9-16H2,1H3,(H2,26,28);(H,6,7)/t17-;/m0./s1. The number of carboxylic acid groups (broad SMARTS) is 1. The predicted molar refractivity (Wildman–Crippen MR) is 150 cm³/mol. The number of anilines is 2. The van der Waals surface area contributed by atoms with Crippen LogP contribution in [0.1, 0.15) is 30.3 Å². The number of thiazole rings is 1. The summed E-state index contributed by atoms with van der Waals surface area (Å²) in [7, 11) is 0. The number of carboxylic acids is 1. The van der Waals surface area contributed by atoms with Crippen molar-refractivity contribution in [2.24, 2.45) is 0 Å². The fourth-order valence-corrected chi connectivity index (χ4v) is 6.56. The van der Waals surface area contributed by atoms with Gasteiger partial charge in [0, 0.05) is 67.3 Å². The molecule has 1 aromatic carbocycles. The highest BCUT2D eigenvalue weighted by Crippen LogP contribution is 2.35. The SMILES string of the molecule is CCCN(CCN1CCN(c2c(Cl)ccc3[nH]ccc23)CC1)[C@H]1CCc2nc(N)sc2C1.O=C(O)C(F)(F)F. The third kappa shape index (κ3) is 7.36. The fourth-order valence-electron chi connectivity index (χ4n) is 5.33. The van der Waals surface area contributed by atoms with Crippen LogP contribution in [0.2, 0.25) is 5.02 Å². The molecule has 0 spiro atoms. The molecule has 3 heterocycles. The third-order valence-corrected chi connectivity index (χ3v) is 8.50. The molecule has 0 bridgehead atoms. The van der Waals surface area contributed by atoms with E-state index in [-0.39, 0.29) is 0 Å². The van der Waals surface area contributed by atoms with Gasteiger partial charge in [0.05, 0.1) is 16.4 Å². The first-order valence-electron chi connectivity index (χ1n) is 13.1. The Hall–Kier alpha value is -2.54. The van der Waals surface area contributed by atoms with E-state index in [0.717, 1.165) is 67.8 Å². The molecule has 2 aliphatic rings. The number of fused-ring (bicyclic) bond motifs is 2. The van der Waals surface area contributed by atoms with E-state index in [4.69, 9.17) is 27.2 Å². The summed E-state index contributed by atoms with van der Waals surface area (Å²) in [5.41, 5.74) is 9.53. The smallest absolute Gasteiger partial charge is 0.475 e. The number of H-pyrrole nitrogens is 1. The summed E-state index contributed by atoms with van der Waals surface area (Å²) in [5, 5.41) is 9.92. The maximum absolute atomic E-state index is 10.6. The van der Waals surface area contributed by atoms with Crippen LogP contribution in [0.15, 0.2) is 24.4 Å². The fraction of sp³-hybridized carbons (Fsp3) is 0.538. The highest BCUT2D eigenvalue weighted by molar-refractivity contribution is 7.15. The number of piperazine rings is 1. The van der Waals surface area contributed by atoms with Gasteiger partial charge in [0.25, 0.3) is 0 Å². The van der Waals surface area contributed by atoms with E-state index in [1.54, 1.807) is 11.3 Å². The van der Waals surface area contributed by atoms with Crippen LogP contribution in [-0.2, 0) is 17.6 Å². The number of halogens is 4. The number of aromatic amines is 1. The molecule has 3 aromatic rings. The van der Waals surface area contributed by atoms with Crippen LogP contribution in [-0.4, -0.2) is 88.9 Å². The Morgan fingerprint density at radius 2 is 1.97 bits per heavy atom. The molecular formula is C26H34ClF3N6O2S. The Bertz CT molecular complexity index is 1260. The van der Waals surface area contributed by atoms with Gasteiger partial charge in [0.2, 0.25) is 0 Å². The summed E-state index contributed by atoms with van der Waals surface area (Å²) < 4.78 is 31.7. The lowest BCUT2D eigenvalue weighted by Gasteiger charge is -2.39. The number of aromatic nitrogens is 2. The number of benzene rings is 1. The molecule has 0 saturated carbocycles. The van der Waals surface area contributed by atoms with Crippen LogP contribution < -0.4 is 10.6 Å². The van der Waals surface area contributed by atoms with Crippen molar-refractivity contribution in [3.05, 3.63) is 40.0 Å². The molecular weight excluding hydrogens is 553 g/mol. The van der Waals surface area contributed by atoms with Crippen molar-refractivity contribution in [1.29, 1.82) is 0 Å². The molecule has 2 aromatic heterocycles. The second-order valence-electron chi connectivity index (χ2n) is 9.82. The molecule has 4 N–H and O–H groups in total. The van der Waals surface area contributed by atoms with Gasteiger partial charge in [-0.15, -0.1) is 11.3 Å². The minimum absolute atomic E-state index is 0.619. The Kier molecular flexibility index (Phi) is 9.63. The number of rotatable bonds is 7. The highest BCUT2D eigenvalue weighted by atomic mass is 35.5. The molecule has 1 saturated heterocycles. The molecule has 13 heteroatoms. The lowest BCUT2D eigenvalue weighted by atomic mass is 9.96. The van der Waals surface area contributed by atoms with Gasteiger partial charge in [-0.25, -0.2) is 9.78 Å². The Morgan fingerprint density at radius 1 is 1.26 bits per heavy atom. The number of carbonyl (C=O) groups is 1. The first kappa shape index (κ1) is 29.4. The first-order chi connectivity index (χ1) is 18.6. The van der Waals surface area contributed by atoms with Crippen LogP contribution in [0.5, 0.6) is 0 Å². The zero-order valence-electron chi connectivity index (χ0n) is 21.8. The van der Waals surface area contributed by atoms with Gasteiger partial charge in [-0.1, -0.05) is 18.5 Å².